The molecule has 1 heterocycles. The molecule has 0 fully saturated rings. The highest BCUT2D eigenvalue weighted by Gasteiger charge is 2.35. The monoisotopic (exact) mass is 347 g/mol. The Morgan fingerprint density at radius 2 is 1.83 bits per heavy atom. The predicted molar refractivity (Wildman–Crippen MR) is 89.2 cm³/mol. The molecule has 0 radical (unpaired) electrons. The number of anilines is 1. The Balaban J connectivity index is 1.85. The summed E-state index contributed by atoms with van der Waals surface area (Å²) in [6.07, 6.45) is -0.462. The highest BCUT2D eigenvalue weighted by Crippen LogP contribution is 2.36. The number of hydrogen-bond acceptors (Lipinski definition) is 5. The Kier molecular flexibility index (Phi) is 4.29. The summed E-state index contributed by atoms with van der Waals surface area (Å²) in [7, 11) is -0.362. The molecule has 24 heavy (non-hydrogen) atoms. The van der Waals surface area contributed by atoms with E-state index in [-0.39, 0.29) is 16.6 Å². The molecule has 0 saturated heterocycles. The first-order valence-corrected chi connectivity index (χ1v) is 8.95. The zero-order valence-electron chi connectivity index (χ0n) is 13.3. The maximum atomic E-state index is 12.3. The minimum atomic E-state index is -3.39. The van der Waals surface area contributed by atoms with Gasteiger partial charge in [-0.3, -0.25) is 4.79 Å². The molecule has 2 aromatic rings. The van der Waals surface area contributed by atoms with Crippen molar-refractivity contribution in [3.63, 3.8) is 0 Å². The maximum absolute atomic E-state index is 12.3. The first-order chi connectivity index (χ1) is 11.4. The number of hydrogen-bond donors (Lipinski definition) is 1. The average molecular weight is 347 g/mol. The van der Waals surface area contributed by atoms with Crippen molar-refractivity contribution >= 4 is 21.4 Å². The molecule has 0 spiro atoms. The molecule has 0 unspecified atom stereocenters. The summed E-state index contributed by atoms with van der Waals surface area (Å²) in [5.74, 6) is 0.256. The Morgan fingerprint density at radius 3 is 2.46 bits per heavy atom. The molecule has 2 aromatic carbocycles. The molecule has 3 rings (SSSR count). The van der Waals surface area contributed by atoms with Gasteiger partial charge in [-0.25, -0.2) is 8.42 Å². The number of benzene rings is 2. The summed E-state index contributed by atoms with van der Waals surface area (Å²) in [4.78, 5) is 12.5. The van der Waals surface area contributed by atoms with Gasteiger partial charge in [0, 0.05) is 23.9 Å². The zero-order chi connectivity index (χ0) is 17.3. The Bertz CT molecular complexity index is 874. The van der Waals surface area contributed by atoms with E-state index in [0.29, 0.717) is 22.6 Å². The van der Waals surface area contributed by atoms with Gasteiger partial charge in [-0.1, -0.05) is 6.07 Å². The Labute approximate surface area is 140 Å². The van der Waals surface area contributed by atoms with E-state index in [1.165, 1.54) is 13.2 Å². The van der Waals surface area contributed by atoms with E-state index >= 15 is 0 Å². The molecule has 1 atom stereocenters. The quantitative estimate of drug-likeness (QED) is 0.918. The van der Waals surface area contributed by atoms with Crippen LogP contribution in [-0.4, -0.2) is 34.3 Å². The van der Waals surface area contributed by atoms with Gasteiger partial charge in [0.1, 0.15) is 5.75 Å². The van der Waals surface area contributed by atoms with E-state index in [1.54, 1.807) is 43.5 Å². The third-order valence-corrected chi connectivity index (χ3v) is 5.73. The summed E-state index contributed by atoms with van der Waals surface area (Å²) in [5, 5.41) is 2.71. The van der Waals surface area contributed by atoms with Crippen LogP contribution in [0.5, 0.6) is 5.75 Å². The fourth-order valence-electron chi connectivity index (χ4n) is 2.67. The molecule has 7 heteroatoms. The van der Waals surface area contributed by atoms with Crippen LogP contribution >= 0.6 is 0 Å². The lowest BCUT2D eigenvalue weighted by Gasteiger charge is -2.09. The number of carbonyl (C=O) groups excluding carboxylic acids is 1. The molecule has 1 aliphatic rings. The summed E-state index contributed by atoms with van der Waals surface area (Å²) >= 11 is 0. The van der Waals surface area contributed by atoms with Gasteiger partial charge >= 0.3 is 0 Å². The molecule has 0 bridgehead atoms. The topological polar surface area (TPSA) is 81.7 Å². The predicted octanol–water partition coefficient (Wildman–Crippen LogP) is 2.42. The van der Waals surface area contributed by atoms with Gasteiger partial charge in [-0.15, -0.1) is 0 Å². The normalized spacial score (nSPS) is 18.0. The van der Waals surface area contributed by atoms with E-state index < -0.39 is 15.9 Å². The second-order valence-electron chi connectivity index (χ2n) is 5.44. The fraction of sp³-hybridized carbons (Fsp3) is 0.235. The van der Waals surface area contributed by atoms with Crippen molar-refractivity contribution in [2.75, 3.05) is 25.3 Å². The molecule has 1 aliphatic heterocycles. The minimum Gasteiger partial charge on any atom is -0.497 e. The van der Waals surface area contributed by atoms with Crippen molar-refractivity contribution < 1.29 is 22.7 Å². The number of carbonyl (C=O) groups is 1. The van der Waals surface area contributed by atoms with Gasteiger partial charge in [0.05, 0.1) is 23.9 Å². The zero-order valence-corrected chi connectivity index (χ0v) is 14.1. The largest absolute Gasteiger partial charge is 0.497 e. The number of ether oxygens (including phenoxy) is 2. The van der Waals surface area contributed by atoms with Crippen LogP contribution in [0.25, 0.3) is 0 Å². The second-order valence-corrected chi connectivity index (χ2v) is 7.44. The summed E-state index contributed by atoms with van der Waals surface area (Å²) in [5.41, 5.74) is 1.50. The number of sulfone groups is 1. The lowest BCUT2D eigenvalue weighted by atomic mass is 10.1. The van der Waals surface area contributed by atoms with Crippen molar-refractivity contribution in [1.82, 2.24) is 0 Å². The lowest BCUT2D eigenvalue weighted by Crippen LogP contribution is -2.12. The second kappa shape index (κ2) is 6.26. The van der Waals surface area contributed by atoms with Crippen LogP contribution < -0.4 is 10.1 Å². The standard InChI is InChI=1S/C17H17NO5S/c1-22-13-6-3-11(4-7-13)17(19)18-12-5-8-14-15(23-2)10-24(20,21)16(14)9-12/h3-9,15H,10H2,1-2H3,(H,18,19)/t15-/m0/s1. The lowest BCUT2D eigenvalue weighted by molar-refractivity contribution is 0.102. The van der Waals surface area contributed by atoms with Gasteiger partial charge in [0.2, 0.25) is 0 Å². The molecule has 1 N–H and O–H groups in total. The SMILES string of the molecule is COc1ccc(C(=O)Nc2ccc3c(c2)S(=O)(=O)C[C@@H]3OC)cc1. The molecule has 0 aliphatic carbocycles. The van der Waals surface area contributed by atoms with E-state index in [4.69, 9.17) is 9.47 Å². The smallest absolute Gasteiger partial charge is 0.255 e. The van der Waals surface area contributed by atoms with Crippen LogP contribution in [0.2, 0.25) is 0 Å². The highest BCUT2D eigenvalue weighted by atomic mass is 32.2. The number of methoxy groups -OCH3 is 2. The molecular formula is C17H17NO5S. The van der Waals surface area contributed by atoms with E-state index in [1.807, 2.05) is 0 Å². The van der Waals surface area contributed by atoms with Crippen LogP contribution in [0.1, 0.15) is 22.0 Å². The van der Waals surface area contributed by atoms with Gasteiger partial charge in [-0.05, 0) is 36.4 Å². The number of fused-ring (bicyclic) bond motifs is 1. The van der Waals surface area contributed by atoms with Crippen molar-refractivity contribution in [2.45, 2.75) is 11.0 Å². The number of nitrogens with one attached hydrogen (secondary N) is 1. The molecule has 6 nitrogen and oxygen atoms in total. The van der Waals surface area contributed by atoms with Gasteiger partial charge in [0.25, 0.3) is 5.91 Å². The van der Waals surface area contributed by atoms with E-state index in [2.05, 4.69) is 5.32 Å². The molecule has 126 valence electrons. The van der Waals surface area contributed by atoms with Crippen molar-refractivity contribution in [2.24, 2.45) is 0 Å². The van der Waals surface area contributed by atoms with Gasteiger partial charge in [0.15, 0.2) is 9.84 Å². The van der Waals surface area contributed by atoms with Crippen LogP contribution in [0.15, 0.2) is 47.4 Å². The molecular weight excluding hydrogens is 330 g/mol. The first-order valence-electron chi connectivity index (χ1n) is 7.29. The molecule has 0 saturated carbocycles. The van der Waals surface area contributed by atoms with E-state index in [0.717, 1.165) is 0 Å². The van der Waals surface area contributed by atoms with Crippen LogP contribution in [0.3, 0.4) is 0 Å². The van der Waals surface area contributed by atoms with Crippen LogP contribution in [0, 0.1) is 0 Å². The maximum Gasteiger partial charge on any atom is 0.255 e. The van der Waals surface area contributed by atoms with Crippen LogP contribution in [0.4, 0.5) is 5.69 Å². The minimum absolute atomic E-state index is 0.0747. The molecule has 1 amide bonds. The highest BCUT2D eigenvalue weighted by molar-refractivity contribution is 7.91. The summed E-state index contributed by atoms with van der Waals surface area (Å²) < 4.78 is 34.6. The van der Waals surface area contributed by atoms with Gasteiger partial charge < -0.3 is 14.8 Å². The molecule has 0 aromatic heterocycles. The van der Waals surface area contributed by atoms with Crippen molar-refractivity contribution in [1.29, 1.82) is 0 Å². The average Bonchev–Trinajstić information content (AvgIpc) is 2.85. The van der Waals surface area contributed by atoms with Gasteiger partial charge in [-0.2, -0.15) is 0 Å². The number of rotatable bonds is 4. The van der Waals surface area contributed by atoms with Crippen molar-refractivity contribution in [3.05, 3.63) is 53.6 Å². The summed E-state index contributed by atoms with van der Waals surface area (Å²) in [6, 6.07) is 11.5. The third-order valence-electron chi connectivity index (χ3n) is 3.96. The fourth-order valence-corrected chi connectivity index (χ4v) is 4.43. The third kappa shape index (κ3) is 3.00. The Morgan fingerprint density at radius 1 is 1.12 bits per heavy atom. The van der Waals surface area contributed by atoms with E-state index in [9.17, 15) is 13.2 Å². The van der Waals surface area contributed by atoms with Crippen LogP contribution in [-0.2, 0) is 14.6 Å². The number of amides is 1. The Hall–Kier alpha value is -2.38. The first kappa shape index (κ1) is 16.5. The summed E-state index contributed by atoms with van der Waals surface area (Å²) in [6.45, 7) is 0. The van der Waals surface area contributed by atoms with Crippen molar-refractivity contribution in [3.8, 4) is 5.75 Å².